The van der Waals surface area contributed by atoms with Gasteiger partial charge < -0.3 is 18.6 Å². The molecule has 8 nitrogen and oxygen atoms in total. The van der Waals surface area contributed by atoms with Crippen LogP contribution < -0.4 is 9.64 Å². The molecule has 3 saturated carbocycles. The largest absolute Gasteiger partial charge is 0.490 e. The molecule has 1 spiro atoms. The van der Waals surface area contributed by atoms with Crippen molar-refractivity contribution in [2.75, 3.05) is 18.0 Å². The van der Waals surface area contributed by atoms with Gasteiger partial charge in [0.15, 0.2) is 0 Å². The molecule has 9 rings (SSSR count). The molecule has 49 heavy (non-hydrogen) atoms. The van der Waals surface area contributed by atoms with Crippen LogP contribution in [-0.2, 0) is 12.6 Å². The first kappa shape index (κ1) is 30.6. The van der Waals surface area contributed by atoms with Gasteiger partial charge in [-0.3, -0.25) is 0 Å². The van der Waals surface area contributed by atoms with Gasteiger partial charge in [-0.05, 0) is 99.8 Å². The molecule has 0 amide bonds. The average molecular weight is 670 g/mol. The molecule has 254 valence electrons. The van der Waals surface area contributed by atoms with Crippen molar-refractivity contribution in [1.29, 1.82) is 0 Å². The fraction of sp³-hybridized carbons (Fsp3) is 0.474. The van der Waals surface area contributed by atoms with Crippen LogP contribution in [0.25, 0.3) is 33.7 Å². The van der Waals surface area contributed by atoms with Crippen molar-refractivity contribution >= 4 is 16.6 Å². The molecule has 1 aliphatic heterocycles. The van der Waals surface area contributed by atoms with Crippen molar-refractivity contribution in [2.24, 2.45) is 11.3 Å². The molecular weight excluding hydrogens is 631 g/mol. The Morgan fingerprint density at radius 1 is 0.980 bits per heavy atom. The third kappa shape index (κ3) is 5.74. The highest BCUT2D eigenvalue weighted by Crippen LogP contribution is 2.55. The van der Waals surface area contributed by atoms with Crippen molar-refractivity contribution < 1.29 is 26.8 Å². The molecule has 3 aromatic heterocycles. The minimum atomic E-state index is -4.45. The van der Waals surface area contributed by atoms with Crippen LogP contribution in [-0.4, -0.2) is 39.5 Å². The number of alkyl halides is 3. The first-order valence-corrected chi connectivity index (χ1v) is 17.5. The van der Waals surface area contributed by atoms with Gasteiger partial charge in [-0.2, -0.15) is 13.2 Å². The number of aryl methyl sites for hydroxylation is 1. The Balaban J connectivity index is 0.904. The van der Waals surface area contributed by atoms with Crippen molar-refractivity contribution in [2.45, 2.75) is 89.3 Å². The number of fused-ring (bicyclic) bond motifs is 1. The van der Waals surface area contributed by atoms with E-state index in [-0.39, 0.29) is 23.0 Å². The summed E-state index contributed by atoms with van der Waals surface area (Å²) < 4.78 is 59.7. The highest BCUT2D eigenvalue weighted by atomic mass is 19.4. The Labute approximate surface area is 282 Å². The number of hydrogen-bond acceptors (Lipinski definition) is 8. The van der Waals surface area contributed by atoms with Crippen LogP contribution in [0.4, 0.5) is 18.9 Å². The van der Waals surface area contributed by atoms with Gasteiger partial charge in [0.1, 0.15) is 22.9 Å². The van der Waals surface area contributed by atoms with Crippen LogP contribution in [0.1, 0.15) is 86.5 Å². The van der Waals surface area contributed by atoms with E-state index in [1.807, 2.05) is 6.07 Å². The van der Waals surface area contributed by atoms with E-state index in [1.54, 1.807) is 13.0 Å². The number of piperidine rings is 1. The number of rotatable bonds is 8. The Hall–Kier alpha value is -4.41. The maximum absolute atomic E-state index is 13.9. The van der Waals surface area contributed by atoms with Crippen LogP contribution in [0.15, 0.2) is 57.5 Å². The van der Waals surface area contributed by atoms with Gasteiger partial charge in [0, 0.05) is 54.2 Å². The van der Waals surface area contributed by atoms with Crippen LogP contribution in [0.3, 0.4) is 0 Å². The van der Waals surface area contributed by atoms with E-state index >= 15 is 0 Å². The summed E-state index contributed by atoms with van der Waals surface area (Å²) in [6.45, 7) is 3.67. The monoisotopic (exact) mass is 669 g/mol. The van der Waals surface area contributed by atoms with Gasteiger partial charge in [-0.15, -0.1) is 10.2 Å². The summed E-state index contributed by atoms with van der Waals surface area (Å²) in [6.07, 6.45) is 6.10. The molecule has 4 heterocycles. The Morgan fingerprint density at radius 3 is 2.47 bits per heavy atom. The van der Waals surface area contributed by atoms with Gasteiger partial charge in [0.25, 0.3) is 5.89 Å². The van der Waals surface area contributed by atoms with E-state index in [0.717, 1.165) is 111 Å². The number of hydrogen-bond donors (Lipinski definition) is 0. The second kappa shape index (κ2) is 11.6. The summed E-state index contributed by atoms with van der Waals surface area (Å²) in [6, 6.07) is 14.1. The van der Waals surface area contributed by atoms with Gasteiger partial charge in [-0.1, -0.05) is 23.4 Å². The average Bonchev–Trinajstić information content (AvgIpc) is 3.68. The lowest BCUT2D eigenvalue weighted by atomic mass is 9.56. The first-order valence-electron chi connectivity index (χ1n) is 17.5. The lowest BCUT2D eigenvalue weighted by Crippen LogP contribution is -2.47. The SMILES string of the molecule is Cc1nnc(-c2cc(OC3CCC3)c3cc(N4CCC5(CC4)CC(Cc4c(-c6ccccc6C(F)(F)F)noc4C4CC4)C5)ccc3n2)o1. The Kier molecular flexibility index (Phi) is 7.25. The van der Waals surface area contributed by atoms with Crippen molar-refractivity contribution in [1.82, 2.24) is 20.3 Å². The third-order valence-electron chi connectivity index (χ3n) is 11.2. The van der Waals surface area contributed by atoms with Gasteiger partial charge in [-0.25, -0.2) is 4.98 Å². The summed E-state index contributed by atoms with van der Waals surface area (Å²) in [5.74, 6) is 3.17. The number of nitrogens with zero attached hydrogens (tertiary/aromatic N) is 5. The maximum Gasteiger partial charge on any atom is 0.417 e. The number of pyridine rings is 1. The maximum atomic E-state index is 13.9. The van der Waals surface area contributed by atoms with E-state index < -0.39 is 11.7 Å². The highest BCUT2D eigenvalue weighted by Gasteiger charge is 2.47. The number of anilines is 1. The second-order valence-corrected chi connectivity index (χ2v) is 14.7. The number of aromatic nitrogens is 4. The van der Waals surface area contributed by atoms with Crippen molar-refractivity contribution in [3.63, 3.8) is 0 Å². The summed E-state index contributed by atoms with van der Waals surface area (Å²) >= 11 is 0. The van der Waals surface area contributed by atoms with Crippen LogP contribution in [0.2, 0.25) is 0 Å². The molecule has 0 atom stereocenters. The van der Waals surface area contributed by atoms with E-state index in [2.05, 4.69) is 38.5 Å². The molecular formula is C38H38F3N5O3. The summed E-state index contributed by atoms with van der Waals surface area (Å²) in [4.78, 5) is 7.30. The smallest absolute Gasteiger partial charge is 0.417 e. The molecule has 11 heteroatoms. The predicted molar refractivity (Wildman–Crippen MR) is 177 cm³/mol. The van der Waals surface area contributed by atoms with E-state index in [0.29, 0.717) is 29.1 Å². The van der Waals surface area contributed by atoms with E-state index in [9.17, 15) is 13.2 Å². The molecule has 0 N–H and O–H groups in total. The molecule has 4 fully saturated rings. The summed E-state index contributed by atoms with van der Waals surface area (Å²) in [5.41, 5.74) is 3.60. The molecule has 1 saturated heterocycles. The minimum absolute atomic E-state index is 0.121. The number of benzene rings is 2. The topological polar surface area (TPSA) is 90.3 Å². The molecule has 0 radical (unpaired) electrons. The lowest BCUT2D eigenvalue weighted by Gasteiger charge is -2.53. The zero-order chi connectivity index (χ0) is 33.3. The van der Waals surface area contributed by atoms with Crippen LogP contribution >= 0.6 is 0 Å². The normalized spacial score (nSPS) is 19.7. The zero-order valence-corrected chi connectivity index (χ0v) is 27.4. The molecule has 0 unspecified atom stereocenters. The standard InChI is InChI=1S/C38H38F3N5O3/c1-22-43-44-36(47-22)32-19-33(48-26-5-4-6-26)28-18-25(11-12-31(28)42-32)46-15-13-37(14-16-46)20-23(21-37)17-29-34(45-49-35(29)24-9-10-24)27-7-2-3-8-30(27)38(39,40)41/h2-3,7-8,11-12,18-19,23-24,26H,4-6,9-10,13-17,20-21H2,1H3. The van der Waals surface area contributed by atoms with Gasteiger partial charge in [0.05, 0.1) is 17.2 Å². The lowest BCUT2D eigenvalue weighted by molar-refractivity contribution is -0.137. The molecule has 5 aromatic rings. The van der Waals surface area contributed by atoms with Gasteiger partial charge in [0.2, 0.25) is 5.89 Å². The Morgan fingerprint density at radius 2 is 1.78 bits per heavy atom. The fourth-order valence-corrected chi connectivity index (χ4v) is 8.23. The summed E-state index contributed by atoms with van der Waals surface area (Å²) in [7, 11) is 0. The van der Waals surface area contributed by atoms with Crippen molar-refractivity contribution in [3.8, 4) is 28.6 Å². The second-order valence-electron chi connectivity index (χ2n) is 14.7. The minimum Gasteiger partial charge on any atom is -0.490 e. The quantitative estimate of drug-likeness (QED) is 0.162. The number of halogens is 3. The van der Waals surface area contributed by atoms with E-state index in [1.165, 1.54) is 18.6 Å². The Bertz CT molecular complexity index is 2010. The molecule has 3 aliphatic carbocycles. The molecule has 4 aliphatic rings. The van der Waals surface area contributed by atoms with E-state index in [4.69, 9.17) is 18.7 Å². The highest BCUT2D eigenvalue weighted by molar-refractivity contribution is 5.90. The fourth-order valence-electron chi connectivity index (χ4n) is 8.23. The van der Waals surface area contributed by atoms with Crippen LogP contribution in [0, 0.1) is 18.3 Å². The number of ether oxygens (including phenoxy) is 1. The summed E-state index contributed by atoms with van der Waals surface area (Å²) in [5, 5.41) is 13.4. The third-order valence-corrected chi connectivity index (χ3v) is 11.2. The predicted octanol–water partition coefficient (Wildman–Crippen LogP) is 9.32. The molecule has 0 bridgehead atoms. The first-order chi connectivity index (χ1) is 23.7. The zero-order valence-electron chi connectivity index (χ0n) is 27.4. The van der Waals surface area contributed by atoms with Crippen molar-refractivity contribution in [3.05, 3.63) is 71.3 Å². The molecule has 2 aromatic carbocycles. The van der Waals surface area contributed by atoms with Gasteiger partial charge >= 0.3 is 6.18 Å². The van der Waals surface area contributed by atoms with Crippen LogP contribution in [0.5, 0.6) is 5.75 Å².